The fourth-order valence-electron chi connectivity index (χ4n) is 1.81. The van der Waals surface area contributed by atoms with Crippen molar-refractivity contribution in [1.82, 2.24) is 0 Å². The number of rotatable bonds is 7. The molecule has 2 rings (SSSR count). The lowest BCUT2D eigenvalue weighted by Gasteiger charge is -2.08. The van der Waals surface area contributed by atoms with E-state index in [0.717, 1.165) is 18.4 Å². The minimum absolute atomic E-state index is 0.0761. The predicted octanol–water partition coefficient (Wildman–Crippen LogP) is 1.86. The maximum atomic E-state index is 11.8. The van der Waals surface area contributed by atoms with Gasteiger partial charge >= 0.3 is 5.97 Å². The van der Waals surface area contributed by atoms with Gasteiger partial charge in [-0.1, -0.05) is 12.1 Å². The molecule has 5 nitrogen and oxygen atoms in total. The summed E-state index contributed by atoms with van der Waals surface area (Å²) in [4.78, 5) is 10.4. The lowest BCUT2D eigenvalue weighted by molar-refractivity contribution is -0.136. The van der Waals surface area contributed by atoms with Crippen LogP contribution in [0.3, 0.4) is 0 Å². The molecule has 1 aliphatic rings. The SMILES string of the molecule is O=C(O)CCc1ccc(NS(=O)(=O)CC2CC2)cc1. The van der Waals surface area contributed by atoms with Gasteiger partial charge in [0.15, 0.2) is 0 Å². The van der Waals surface area contributed by atoms with E-state index in [1.807, 2.05) is 0 Å². The summed E-state index contributed by atoms with van der Waals surface area (Å²) in [7, 11) is -3.25. The molecule has 0 atom stereocenters. The van der Waals surface area contributed by atoms with E-state index in [1.54, 1.807) is 24.3 Å². The highest BCUT2D eigenvalue weighted by atomic mass is 32.2. The Hall–Kier alpha value is -1.56. The normalized spacial score (nSPS) is 15.2. The first-order valence-corrected chi connectivity index (χ1v) is 7.91. The van der Waals surface area contributed by atoms with Gasteiger partial charge < -0.3 is 5.11 Å². The number of aliphatic carboxylic acids is 1. The quantitative estimate of drug-likeness (QED) is 0.800. The first-order valence-electron chi connectivity index (χ1n) is 6.26. The van der Waals surface area contributed by atoms with E-state index in [2.05, 4.69) is 4.72 Å². The summed E-state index contributed by atoms with van der Waals surface area (Å²) in [6, 6.07) is 6.83. The highest BCUT2D eigenvalue weighted by Crippen LogP contribution is 2.30. The fraction of sp³-hybridized carbons (Fsp3) is 0.462. The predicted molar refractivity (Wildman–Crippen MR) is 72.5 cm³/mol. The molecule has 2 N–H and O–H groups in total. The molecule has 0 amide bonds. The third-order valence-corrected chi connectivity index (χ3v) is 4.46. The number of carboxylic acid groups (broad SMARTS) is 1. The summed E-state index contributed by atoms with van der Waals surface area (Å²) >= 11 is 0. The average molecular weight is 283 g/mol. The zero-order valence-corrected chi connectivity index (χ0v) is 11.3. The van der Waals surface area contributed by atoms with E-state index in [9.17, 15) is 13.2 Å². The Morgan fingerprint density at radius 2 is 1.89 bits per heavy atom. The van der Waals surface area contributed by atoms with Gasteiger partial charge in [0.05, 0.1) is 5.75 Å². The van der Waals surface area contributed by atoms with Gasteiger partial charge in [0.2, 0.25) is 10.0 Å². The van der Waals surface area contributed by atoms with E-state index >= 15 is 0 Å². The van der Waals surface area contributed by atoms with E-state index < -0.39 is 16.0 Å². The highest BCUT2D eigenvalue weighted by Gasteiger charge is 2.27. The second-order valence-electron chi connectivity index (χ2n) is 4.92. The Labute approximate surface area is 112 Å². The maximum Gasteiger partial charge on any atom is 0.303 e. The van der Waals surface area contributed by atoms with Crippen LogP contribution in [0.25, 0.3) is 0 Å². The summed E-state index contributed by atoms with van der Waals surface area (Å²) in [6.07, 6.45) is 2.52. The monoisotopic (exact) mass is 283 g/mol. The van der Waals surface area contributed by atoms with Crippen molar-refractivity contribution in [3.8, 4) is 0 Å². The summed E-state index contributed by atoms with van der Waals surface area (Å²) < 4.78 is 26.1. The zero-order valence-electron chi connectivity index (χ0n) is 10.5. The van der Waals surface area contributed by atoms with Crippen LogP contribution in [0, 0.1) is 5.92 Å². The van der Waals surface area contributed by atoms with Crippen LogP contribution in [-0.4, -0.2) is 25.2 Å². The topological polar surface area (TPSA) is 83.5 Å². The van der Waals surface area contributed by atoms with Crippen LogP contribution in [0.1, 0.15) is 24.8 Å². The van der Waals surface area contributed by atoms with Crippen molar-refractivity contribution in [2.45, 2.75) is 25.7 Å². The van der Waals surface area contributed by atoms with Gasteiger partial charge in [0, 0.05) is 12.1 Å². The molecule has 104 valence electrons. The Balaban J connectivity index is 1.92. The van der Waals surface area contributed by atoms with Crippen molar-refractivity contribution < 1.29 is 18.3 Å². The molecule has 6 heteroatoms. The third-order valence-electron chi connectivity index (χ3n) is 3.01. The molecule has 0 unspecified atom stereocenters. The molecule has 0 aliphatic heterocycles. The molecule has 1 fully saturated rings. The van der Waals surface area contributed by atoms with Gasteiger partial charge in [-0.2, -0.15) is 0 Å². The molecule has 0 radical (unpaired) electrons. The van der Waals surface area contributed by atoms with Crippen molar-refractivity contribution in [3.05, 3.63) is 29.8 Å². The fourth-order valence-corrected chi connectivity index (χ4v) is 3.34. The highest BCUT2D eigenvalue weighted by molar-refractivity contribution is 7.92. The van der Waals surface area contributed by atoms with Crippen molar-refractivity contribution in [2.75, 3.05) is 10.5 Å². The van der Waals surface area contributed by atoms with Crippen molar-refractivity contribution in [2.24, 2.45) is 5.92 Å². The van der Waals surface area contributed by atoms with E-state index in [-0.39, 0.29) is 12.2 Å². The van der Waals surface area contributed by atoms with Gasteiger partial charge in [-0.05, 0) is 42.9 Å². The Bertz CT molecular complexity index is 547. The Kier molecular flexibility index (Phi) is 4.09. The molecule has 19 heavy (non-hydrogen) atoms. The van der Waals surface area contributed by atoms with E-state index in [0.29, 0.717) is 18.0 Å². The van der Waals surface area contributed by atoms with Crippen LogP contribution < -0.4 is 4.72 Å². The van der Waals surface area contributed by atoms with Gasteiger partial charge in [-0.3, -0.25) is 9.52 Å². The van der Waals surface area contributed by atoms with Gasteiger partial charge in [-0.25, -0.2) is 8.42 Å². The number of aryl methyl sites for hydroxylation is 1. The molecule has 1 saturated carbocycles. The minimum atomic E-state index is -3.25. The zero-order chi connectivity index (χ0) is 13.9. The number of hydrogen-bond donors (Lipinski definition) is 2. The van der Waals surface area contributed by atoms with Crippen molar-refractivity contribution in [1.29, 1.82) is 0 Å². The van der Waals surface area contributed by atoms with Crippen molar-refractivity contribution in [3.63, 3.8) is 0 Å². The van der Waals surface area contributed by atoms with Crippen molar-refractivity contribution >= 4 is 21.7 Å². The van der Waals surface area contributed by atoms with Crippen LogP contribution in [0.2, 0.25) is 0 Å². The van der Waals surface area contributed by atoms with Crippen LogP contribution in [-0.2, 0) is 21.2 Å². The van der Waals surface area contributed by atoms with Crippen LogP contribution in [0.15, 0.2) is 24.3 Å². The number of carboxylic acids is 1. The molecule has 0 aromatic heterocycles. The average Bonchev–Trinajstić information content (AvgIpc) is 3.10. The molecular formula is C13H17NO4S. The smallest absolute Gasteiger partial charge is 0.303 e. The first-order chi connectivity index (χ1) is 8.94. The van der Waals surface area contributed by atoms with Gasteiger partial charge in [0.25, 0.3) is 0 Å². The number of hydrogen-bond acceptors (Lipinski definition) is 3. The molecule has 1 aliphatic carbocycles. The van der Waals surface area contributed by atoms with E-state index in [1.165, 1.54) is 0 Å². The molecule has 0 heterocycles. The molecular weight excluding hydrogens is 266 g/mol. The molecule has 0 bridgehead atoms. The minimum Gasteiger partial charge on any atom is -0.481 e. The summed E-state index contributed by atoms with van der Waals surface area (Å²) in [5, 5.41) is 8.58. The standard InChI is InChI=1S/C13H17NO4S/c15-13(16)8-5-10-3-6-12(7-4-10)14-19(17,18)9-11-1-2-11/h3-4,6-7,11,14H,1-2,5,8-9H2,(H,15,16). The molecule has 0 spiro atoms. The number of carbonyl (C=O) groups is 1. The summed E-state index contributed by atoms with van der Waals surface area (Å²) in [6.45, 7) is 0. The van der Waals surface area contributed by atoms with Crippen LogP contribution in [0.4, 0.5) is 5.69 Å². The largest absolute Gasteiger partial charge is 0.481 e. The second-order valence-corrected chi connectivity index (χ2v) is 6.68. The first kappa shape index (κ1) is 13.9. The van der Waals surface area contributed by atoms with Gasteiger partial charge in [-0.15, -0.1) is 0 Å². The third kappa shape index (κ3) is 4.90. The second kappa shape index (κ2) is 5.61. The Morgan fingerprint density at radius 1 is 1.26 bits per heavy atom. The summed E-state index contributed by atoms with van der Waals surface area (Å²) in [5.41, 5.74) is 1.41. The lowest BCUT2D eigenvalue weighted by Crippen LogP contribution is -2.17. The molecule has 1 aromatic carbocycles. The molecule has 0 saturated heterocycles. The van der Waals surface area contributed by atoms with Gasteiger partial charge in [0.1, 0.15) is 0 Å². The number of nitrogens with one attached hydrogen (secondary N) is 1. The van der Waals surface area contributed by atoms with Crippen LogP contribution >= 0.6 is 0 Å². The van der Waals surface area contributed by atoms with E-state index in [4.69, 9.17) is 5.11 Å². The number of sulfonamides is 1. The Morgan fingerprint density at radius 3 is 2.42 bits per heavy atom. The number of benzene rings is 1. The maximum absolute atomic E-state index is 11.8. The van der Waals surface area contributed by atoms with Crippen LogP contribution in [0.5, 0.6) is 0 Å². The molecule has 1 aromatic rings. The summed E-state index contributed by atoms with van der Waals surface area (Å²) in [5.74, 6) is -0.338. The number of anilines is 1. The lowest BCUT2D eigenvalue weighted by atomic mass is 10.1.